The summed E-state index contributed by atoms with van der Waals surface area (Å²) < 4.78 is 26.1. The highest BCUT2D eigenvalue weighted by Gasteiger charge is 2.16. The van der Waals surface area contributed by atoms with Gasteiger partial charge in [-0.3, -0.25) is 0 Å². The summed E-state index contributed by atoms with van der Waals surface area (Å²) in [6.45, 7) is 1.90. The van der Waals surface area contributed by atoms with Crippen LogP contribution in [0, 0.1) is 0 Å². The largest absolute Gasteiger partial charge is 0.392 e. The van der Waals surface area contributed by atoms with Gasteiger partial charge in [0.1, 0.15) is 0 Å². The number of hydrogen-bond acceptors (Lipinski definition) is 3. The van der Waals surface area contributed by atoms with E-state index in [0.29, 0.717) is 11.4 Å². The van der Waals surface area contributed by atoms with E-state index < -0.39 is 16.1 Å². The quantitative estimate of drug-likeness (QED) is 0.848. The summed E-state index contributed by atoms with van der Waals surface area (Å²) in [5.74, 6) is 0. The van der Waals surface area contributed by atoms with E-state index in [-0.39, 0.29) is 16.5 Å². The molecule has 2 N–H and O–H groups in total. The summed E-state index contributed by atoms with van der Waals surface area (Å²) in [5, 5.41) is 9.95. The second-order valence-corrected chi connectivity index (χ2v) is 6.45. The van der Waals surface area contributed by atoms with E-state index in [1.54, 1.807) is 0 Å². The zero-order valence-corrected chi connectivity index (χ0v) is 12.2. The molecule has 0 aliphatic heterocycles. The summed E-state index contributed by atoms with van der Waals surface area (Å²) >= 11 is 11.5. The van der Waals surface area contributed by atoms with Gasteiger partial charge in [-0.15, -0.1) is 0 Å². The summed E-state index contributed by atoms with van der Waals surface area (Å²) in [6.07, 6.45) is 0.645. The molecule has 0 aliphatic rings. The average Bonchev–Trinajstić information content (AvgIpc) is 2.30. The van der Waals surface area contributed by atoms with Crippen molar-refractivity contribution in [1.82, 2.24) is 4.72 Å². The summed E-state index contributed by atoms with van der Waals surface area (Å²) in [4.78, 5) is 0.0283. The molecule has 102 valence electrons. The van der Waals surface area contributed by atoms with E-state index in [1.165, 1.54) is 18.2 Å². The molecule has 0 fully saturated rings. The van der Waals surface area contributed by atoms with Crippen molar-refractivity contribution in [3.8, 4) is 0 Å². The molecule has 1 rings (SSSR count). The van der Waals surface area contributed by atoms with Crippen LogP contribution in [0.5, 0.6) is 0 Å². The maximum Gasteiger partial charge on any atom is 0.240 e. The van der Waals surface area contributed by atoms with Crippen LogP contribution in [0.1, 0.15) is 19.8 Å². The molecule has 18 heavy (non-hydrogen) atoms. The zero-order valence-electron chi connectivity index (χ0n) is 9.86. The number of benzene rings is 1. The van der Waals surface area contributed by atoms with Gasteiger partial charge in [-0.25, -0.2) is 13.1 Å². The molecule has 1 atom stereocenters. The molecule has 0 aliphatic carbocycles. The molecule has 0 saturated carbocycles. The first kappa shape index (κ1) is 15.7. The average molecular weight is 312 g/mol. The van der Waals surface area contributed by atoms with Crippen LogP contribution >= 0.6 is 23.2 Å². The molecule has 0 aromatic heterocycles. The van der Waals surface area contributed by atoms with Crippen molar-refractivity contribution in [1.29, 1.82) is 0 Å². The van der Waals surface area contributed by atoms with Crippen molar-refractivity contribution in [3.63, 3.8) is 0 Å². The van der Waals surface area contributed by atoms with Gasteiger partial charge < -0.3 is 5.11 Å². The van der Waals surface area contributed by atoms with E-state index >= 15 is 0 Å². The summed E-state index contributed by atoms with van der Waals surface area (Å²) in [7, 11) is -3.67. The first-order valence-corrected chi connectivity index (χ1v) is 7.73. The van der Waals surface area contributed by atoms with Crippen molar-refractivity contribution in [2.45, 2.75) is 30.8 Å². The van der Waals surface area contributed by atoms with Crippen molar-refractivity contribution < 1.29 is 13.5 Å². The molecule has 0 heterocycles. The molecule has 0 amide bonds. The second-order valence-electron chi connectivity index (χ2n) is 3.87. The Morgan fingerprint density at radius 1 is 1.33 bits per heavy atom. The van der Waals surface area contributed by atoms with Gasteiger partial charge >= 0.3 is 0 Å². The van der Waals surface area contributed by atoms with Gasteiger partial charge in [0.05, 0.1) is 21.0 Å². The fourth-order valence-corrected chi connectivity index (χ4v) is 2.83. The zero-order chi connectivity index (χ0) is 13.8. The molecule has 0 bridgehead atoms. The van der Waals surface area contributed by atoms with E-state index in [2.05, 4.69) is 4.72 Å². The fraction of sp³-hybridized carbons (Fsp3) is 0.455. The molecular weight excluding hydrogens is 297 g/mol. The standard InChI is InChI=1S/C11H15Cl2NO3S/c1-2-3-8(15)7-14-18(16,17)9-4-5-10(12)11(13)6-9/h4-6,8,14-15H,2-3,7H2,1H3. The smallest absolute Gasteiger partial charge is 0.240 e. The molecule has 0 radical (unpaired) electrons. The highest BCUT2D eigenvalue weighted by molar-refractivity contribution is 7.89. The molecule has 0 saturated heterocycles. The normalized spacial score (nSPS) is 13.6. The third-order valence-corrected chi connectivity index (χ3v) is 4.49. The SMILES string of the molecule is CCCC(O)CNS(=O)(=O)c1ccc(Cl)c(Cl)c1. The highest BCUT2D eigenvalue weighted by Crippen LogP contribution is 2.24. The van der Waals surface area contributed by atoms with Gasteiger partial charge in [0.2, 0.25) is 10.0 Å². The molecule has 1 aromatic carbocycles. The third kappa shape index (κ3) is 4.40. The van der Waals surface area contributed by atoms with Gasteiger partial charge in [0.15, 0.2) is 0 Å². The highest BCUT2D eigenvalue weighted by atomic mass is 35.5. The Morgan fingerprint density at radius 3 is 2.56 bits per heavy atom. The van der Waals surface area contributed by atoms with Crippen molar-refractivity contribution in [2.24, 2.45) is 0 Å². The van der Waals surface area contributed by atoms with E-state index in [9.17, 15) is 13.5 Å². The number of aliphatic hydroxyl groups is 1. The van der Waals surface area contributed by atoms with Crippen LogP contribution in [0.2, 0.25) is 10.0 Å². The van der Waals surface area contributed by atoms with Crippen LogP contribution in [0.25, 0.3) is 0 Å². The lowest BCUT2D eigenvalue weighted by Crippen LogP contribution is -2.32. The van der Waals surface area contributed by atoms with E-state index in [4.69, 9.17) is 23.2 Å². The Kier molecular flexibility index (Phi) is 5.88. The summed E-state index contributed by atoms with van der Waals surface area (Å²) in [5.41, 5.74) is 0. The fourth-order valence-electron chi connectivity index (χ4n) is 1.37. The topological polar surface area (TPSA) is 66.4 Å². The minimum absolute atomic E-state index is 0.0174. The third-order valence-electron chi connectivity index (χ3n) is 2.33. The maximum absolute atomic E-state index is 11.9. The number of hydrogen-bond donors (Lipinski definition) is 2. The lowest BCUT2D eigenvalue weighted by atomic mass is 10.2. The van der Waals surface area contributed by atoms with Gasteiger partial charge in [0, 0.05) is 6.54 Å². The first-order chi connectivity index (χ1) is 8.36. The molecule has 1 unspecified atom stereocenters. The first-order valence-electron chi connectivity index (χ1n) is 5.49. The van der Waals surface area contributed by atoms with Crippen LogP contribution < -0.4 is 4.72 Å². The number of halogens is 2. The van der Waals surface area contributed by atoms with Gasteiger partial charge in [0.25, 0.3) is 0 Å². The predicted octanol–water partition coefficient (Wildman–Crippen LogP) is 2.43. The Morgan fingerprint density at radius 2 is 2.00 bits per heavy atom. The van der Waals surface area contributed by atoms with E-state index in [0.717, 1.165) is 6.42 Å². The van der Waals surface area contributed by atoms with E-state index in [1.807, 2.05) is 6.92 Å². The Labute approximate surface area is 117 Å². The lowest BCUT2D eigenvalue weighted by Gasteiger charge is -2.11. The minimum Gasteiger partial charge on any atom is -0.392 e. The molecule has 0 spiro atoms. The van der Waals surface area contributed by atoms with Gasteiger partial charge in [-0.1, -0.05) is 36.5 Å². The van der Waals surface area contributed by atoms with Crippen molar-refractivity contribution in [2.75, 3.05) is 6.54 Å². The number of aliphatic hydroxyl groups excluding tert-OH is 1. The number of nitrogens with one attached hydrogen (secondary N) is 1. The second kappa shape index (κ2) is 6.73. The molecule has 7 heteroatoms. The van der Waals surface area contributed by atoms with Gasteiger partial charge in [-0.2, -0.15) is 0 Å². The number of rotatable bonds is 6. The van der Waals surface area contributed by atoms with Crippen LogP contribution in [0.4, 0.5) is 0 Å². The number of sulfonamides is 1. The molecular formula is C11H15Cl2NO3S. The van der Waals surface area contributed by atoms with Crippen molar-refractivity contribution in [3.05, 3.63) is 28.2 Å². The minimum atomic E-state index is -3.67. The van der Waals surface area contributed by atoms with Crippen molar-refractivity contribution >= 4 is 33.2 Å². The van der Waals surface area contributed by atoms with Crippen LogP contribution in [0.15, 0.2) is 23.1 Å². The monoisotopic (exact) mass is 311 g/mol. The van der Waals surface area contributed by atoms with Crippen LogP contribution in [0.3, 0.4) is 0 Å². The Balaban J connectivity index is 2.77. The van der Waals surface area contributed by atoms with Crippen LogP contribution in [-0.4, -0.2) is 26.2 Å². The molecule has 1 aromatic rings. The Hall–Kier alpha value is -0.330. The summed E-state index contributed by atoms with van der Waals surface area (Å²) in [6, 6.07) is 4.06. The lowest BCUT2D eigenvalue weighted by molar-refractivity contribution is 0.167. The predicted molar refractivity (Wildman–Crippen MR) is 72.6 cm³/mol. The maximum atomic E-state index is 11.9. The Bertz CT molecular complexity index is 505. The molecule has 4 nitrogen and oxygen atoms in total. The van der Waals surface area contributed by atoms with Crippen LogP contribution in [-0.2, 0) is 10.0 Å². The van der Waals surface area contributed by atoms with Gasteiger partial charge in [-0.05, 0) is 24.6 Å².